The van der Waals surface area contributed by atoms with E-state index in [0.717, 1.165) is 19.6 Å². The number of nitrogens with one attached hydrogen (secondary N) is 1. The van der Waals surface area contributed by atoms with E-state index >= 15 is 0 Å². The molecule has 0 spiro atoms. The van der Waals surface area contributed by atoms with E-state index in [1.54, 1.807) is 0 Å². The third-order valence-electron chi connectivity index (χ3n) is 3.98. The number of aliphatic carboxylic acids is 1. The van der Waals surface area contributed by atoms with Gasteiger partial charge in [0.25, 0.3) is 0 Å². The molecule has 2 atom stereocenters. The zero-order valence-electron chi connectivity index (χ0n) is 11.6. The summed E-state index contributed by atoms with van der Waals surface area (Å²) >= 11 is 0. The molecule has 0 saturated carbocycles. The molecule has 0 aromatic rings. The summed E-state index contributed by atoms with van der Waals surface area (Å²) in [6.07, 6.45) is 3.04. The van der Waals surface area contributed by atoms with Gasteiger partial charge in [-0.25, -0.2) is 9.59 Å². The van der Waals surface area contributed by atoms with Crippen LogP contribution in [0.5, 0.6) is 0 Å². The van der Waals surface area contributed by atoms with Crippen LogP contribution in [-0.2, 0) is 4.79 Å². The highest BCUT2D eigenvalue weighted by Crippen LogP contribution is 2.18. The highest BCUT2D eigenvalue weighted by Gasteiger charge is 2.38. The molecule has 2 amide bonds. The van der Waals surface area contributed by atoms with Crippen LogP contribution in [0.2, 0.25) is 0 Å². The maximum atomic E-state index is 12.0. The molecule has 7 heteroatoms. The Labute approximate surface area is 118 Å². The zero-order chi connectivity index (χ0) is 14.5. The highest BCUT2D eigenvalue weighted by molar-refractivity contribution is 5.83. The molecule has 0 aromatic carbocycles. The van der Waals surface area contributed by atoms with E-state index < -0.39 is 24.1 Å². The Morgan fingerprint density at radius 3 is 2.55 bits per heavy atom. The molecule has 114 valence electrons. The Hall–Kier alpha value is -1.34. The molecule has 3 N–H and O–H groups in total. The largest absolute Gasteiger partial charge is 0.480 e. The number of carbonyl (C=O) groups is 2. The molecule has 2 fully saturated rings. The number of carbonyl (C=O) groups excluding carboxylic acids is 1. The monoisotopic (exact) mass is 285 g/mol. The van der Waals surface area contributed by atoms with Crippen LogP contribution >= 0.6 is 0 Å². The first-order chi connectivity index (χ1) is 9.58. The topological polar surface area (TPSA) is 93.1 Å². The molecule has 0 radical (unpaired) electrons. The number of carboxylic acids is 1. The van der Waals surface area contributed by atoms with Crippen molar-refractivity contribution in [2.24, 2.45) is 0 Å². The van der Waals surface area contributed by atoms with Crippen molar-refractivity contribution in [1.29, 1.82) is 0 Å². The summed E-state index contributed by atoms with van der Waals surface area (Å²) in [7, 11) is 0. The standard InChI is InChI=1S/C13H23N3O4/c17-10-8-11(12(18)19)16(9-10)13(20)14-4-7-15-5-2-1-3-6-15/h10-11,17H,1-9H2,(H,14,20)(H,18,19)/t10-,11-/m1/s1. The molecule has 20 heavy (non-hydrogen) atoms. The Bertz CT molecular complexity index is 358. The molecule has 2 heterocycles. The summed E-state index contributed by atoms with van der Waals surface area (Å²) in [4.78, 5) is 26.5. The van der Waals surface area contributed by atoms with Gasteiger partial charge < -0.3 is 25.3 Å². The Morgan fingerprint density at radius 2 is 1.90 bits per heavy atom. The number of urea groups is 1. The lowest BCUT2D eigenvalue weighted by Crippen LogP contribution is -2.48. The van der Waals surface area contributed by atoms with E-state index in [0.29, 0.717) is 6.54 Å². The van der Waals surface area contributed by atoms with Gasteiger partial charge in [-0.05, 0) is 25.9 Å². The maximum Gasteiger partial charge on any atom is 0.326 e. The first-order valence-corrected chi connectivity index (χ1v) is 7.25. The molecule has 0 aromatic heterocycles. The second-order valence-corrected chi connectivity index (χ2v) is 5.53. The van der Waals surface area contributed by atoms with Crippen LogP contribution < -0.4 is 5.32 Å². The minimum Gasteiger partial charge on any atom is -0.480 e. The third-order valence-corrected chi connectivity index (χ3v) is 3.98. The Balaban J connectivity index is 1.74. The van der Waals surface area contributed by atoms with Gasteiger partial charge >= 0.3 is 12.0 Å². The van der Waals surface area contributed by atoms with Crippen molar-refractivity contribution in [3.63, 3.8) is 0 Å². The minimum absolute atomic E-state index is 0.0898. The molecule has 0 aliphatic carbocycles. The van der Waals surface area contributed by atoms with Crippen LogP contribution in [-0.4, -0.2) is 76.9 Å². The lowest BCUT2D eigenvalue weighted by atomic mass is 10.1. The number of carboxylic acid groups (broad SMARTS) is 1. The van der Waals surface area contributed by atoms with E-state index in [1.165, 1.54) is 24.2 Å². The summed E-state index contributed by atoms with van der Waals surface area (Å²) in [5, 5.41) is 21.3. The zero-order valence-corrected chi connectivity index (χ0v) is 11.6. The van der Waals surface area contributed by atoms with Crippen molar-refractivity contribution in [2.75, 3.05) is 32.7 Å². The fourth-order valence-corrected chi connectivity index (χ4v) is 2.88. The van der Waals surface area contributed by atoms with Gasteiger partial charge in [0.1, 0.15) is 6.04 Å². The van der Waals surface area contributed by atoms with Gasteiger partial charge in [-0.3, -0.25) is 0 Å². The minimum atomic E-state index is -1.06. The number of amides is 2. The second kappa shape index (κ2) is 6.90. The van der Waals surface area contributed by atoms with Crippen LogP contribution in [0.15, 0.2) is 0 Å². The maximum absolute atomic E-state index is 12.0. The van der Waals surface area contributed by atoms with Crippen molar-refractivity contribution >= 4 is 12.0 Å². The lowest BCUT2D eigenvalue weighted by Gasteiger charge is -2.27. The van der Waals surface area contributed by atoms with Crippen LogP contribution in [0.1, 0.15) is 25.7 Å². The van der Waals surface area contributed by atoms with Crippen molar-refractivity contribution in [3.05, 3.63) is 0 Å². The quantitative estimate of drug-likeness (QED) is 0.659. The van der Waals surface area contributed by atoms with Crippen molar-refractivity contribution < 1.29 is 19.8 Å². The number of nitrogens with zero attached hydrogens (tertiary/aromatic N) is 2. The number of hydrogen-bond acceptors (Lipinski definition) is 4. The first-order valence-electron chi connectivity index (χ1n) is 7.25. The number of hydrogen-bond donors (Lipinski definition) is 3. The van der Waals surface area contributed by atoms with Gasteiger partial charge in [-0.15, -0.1) is 0 Å². The van der Waals surface area contributed by atoms with Crippen LogP contribution in [0, 0.1) is 0 Å². The number of aliphatic hydroxyl groups excluding tert-OH is 1. The Kier molecular flexibility index (Phi) is 5.19. The smallest absolute Gasteiger partial charge is 0.326 e. The van der Waals surface area contributed by atoms with Crippen LogP contribution in [0.3, 0.4) is 0 Å². The average Bonchev–Trinajstić information content (AvgIpc) is 2.82. The molecule has 0 bridgehead atoms. The van der Waals surface area contributed by atoms with E-state index in [2.05, 4.69) is 10.2 Å². The molecule has 7 nitrogen and oxygen atoms in total. The van der Waals surface area contributed by atoms with Gasteiger partial charge in [0.2, 0.25) is 0 Å². The summed E-state index contributed by atoms with van der Waals surface area (Å²) in [6, 6.07) is -1.31. The fraction of sp³-hybridized carbons (Fsp3) is 0.846. The summed E-state index contributed by atoms with van der Waals surface area (Å²) in [6.45, 7) is 3.52. The molecule has 2 rings (SSSR count). The number of rotatable bonds is 4. The van der Waals surface area contributed by atoms with E-state index in [1.807, 2.05) is 0 Å². The predicted molar refractivity (Wildman–Crippen MR) is 72.4 cm³/mol. The molecule has 2 aliphatic heterocycles. The number of likely N-dealkylation sites (tertiary alicyclic amines) is 2. The normalized spacial score (nSPS) is 27.6. The molecule has 0 unspecified atom stereocenters. The summed E-state index contributed by atoms with van der Waals surface area (Å²) in [5.41, 5.74) is 0. The van der Waals surface area contributed by atoms with E-state index in [-0.39, 0.29) is 13.0 Å². The molecular weight excluding hydrogens is 262 g/mol. The van der Waals surface area contributed by atoms with Crippen molar-refractivity contribution in [3.8, 4) is 0 Å². The van der Waals surface area contributed by atoms with Crippen molar-refractivity contribution in [1.82, 2.24) is 15.1 Å². The average molecular weight is 285 g/mol. The van der Waals surface area contributed by atoms with Gasteiger partial charge in [-0.2, -0.15) is 0 Å². The van der Waals surface area contributed by atoms with Gasteiger partial charge in [0, 0.05) is 26.1 Å². The van der Waals surface area contributed by atoms with Crippen LogP contribution in [0.25, 0.3) is 0 Å². The summed E-state index contributed by atoms with van der Waals surface area (Å²) in [5.74, 6) is -1.06. The third kappa shape index (κ3) is 3.83. The summed E-state index contributed by atoms with van der Waals surface area (Å²) < 4.78 is 0. The van der Waals surface area contributed by atoms with Gasteiger partial charge in [0.15, 0.2) is 0 Å². The molecular formula is C13H23N3O4. The number of β-amino-alcohol motifs (C(OH)–C–C–N with tert-alkyl or cyclic N) is 1. The van der Waals surface area contributed by atoms with E-state index in [4.69, 9.17) is 5.11 Å². The highest BCUT2D eigenvalue weighted by atomic mass is 16.4. The van der Waals surface area contributed by atoms with Gasteiger partial charge in [-0.1, -0.05) is 6.42 Å². The number of aliphatic hydroxyl groups is 1. The molecule has 2 saturated heterocycles. The fourth-order valence-electron chi connectivity index (χ4n) is 2.88. The van der Waals surface area contributed by atoms with E-state index in [9.17, 15) is 14.7 Å². The predicted octanol–water partition coefficient (Wildman–Crippen LogP) is -0.298. The van der Waals surface area contributed by atoms with Gasteiger partial charge in [0.05, 0.1) is 6.10 Å². The second-order valence-electron chi connectivity index (χ2n) is 5.53. The SMILES string of the molecule is O=C(O)[C@H]1C[C@@H](O)CN1C(=O)NCCN1CCCCC1. The van der Waals surface area contributed by atoms with Crippen LogP contribution in [0.4, 0.5) is 4.79 Å². The first kappa shape index (κ1) is 15.1. The Morgan fingerprint density at radius 1 is 1.20 bits per heavy atom. The molecule has 2 aliphatic rings. The van der Waals surface area contributed by atoms with Crippen molar-refractivity contribution in [2.45, 2.75) is 37.8 Å². The lowest BCUT2D eigenvalue weighted by molar-refractivity contribution is -0.141. The number of piperidine rings is 1.